The summed E-state index contributed by atoms with van der Waals surface area (Å²) in [6, 6.07) is 20.8. The number of aromatic nitrogens is 5. The van der Waals surface area contributed by atoms with Crippen molar-refractivity contribution in [3.05, 3.63) is 111 Å². The van der Waals surface area contributed by atoms with Crippen LogP contribution in [-0.2, 0) is 6.42 Å². The van der Waals surface area contributed by atoms with Crippen LogP contribution in [-0.4, -0.2) is 36.0 Å². The fourth-order valence-corrected chi connectivity index (χ4v) is 4.58. The Morgan fingerprint density at radius 3 is 2.71 bits per heavy atom. The minimum absolute atomic E-state index is 0.0572. The van der Waals surface area contributed by atoms with Crippen molar-refractivity contribution in [1.29, 1.82) is 0 Å². The Labute approximate surface area is 208 Å². The first-order valence-electron chi connectivity index (χ1n) is 10.5. The van der Waals surface area contributed by atoms with E-state index < -0.39 is 4.92 Å². The molecule has 5 rings (SSSR count). The second kappa shape index (κ2) is 9.95. The zero-order valence-corrected chi connectivity index (χ0v) is 19.7. The van der Waals surface area contributed by atoms with Crippen molar-refractivity contribution in [1.82, 2.24) is 24.8 Å². The zero-order valence-electron chi connectivity index (χ0n) is 18.1. The summed E-state index contributed by atoms with van der Waals surface area (Å²) in [6.45, 7) is 0. The standard InChI is InChI=1S/C24H17N7O2S2/c32-31(33)20-13-16(9-10-21(20)35-23-25-11-4-12-26-23)15-27-30-22(28-29-24(30)34)14-18-7-3-6-17-5-1-2-8-19(17)18/h1-13,15H,14H2,(H,29,34)/b27-15+. The maximum Gasteiger partial charge on any atom is 0.283 e. The molecular formula is C24H17N7O2S2. The van der Waals surface area contributed by atoms with Crippen LogP contribution in [0.5, 0.6) is 0 Å². The molecule has 0 aliphatic heterocycles. The van der Waals surface area contributed by atoms with Crippen LogP contribution >= 0.6 is 24.0 Å². The molecule has 0 atom stereocenters. The topological polar surface area (TPSA) is 115 Å². The van der Waals surface area contributed by atoms with Gasteiger partial charge in [0.05, 0.1) is 16.0 Å². The van der Waals surface area contributed by atoms with Gasteiger partial charge in [0, 0.05) is 30.4 Å². The number of aromatic amines is 1. The molecule has 0 bridgehead atoms. The Morgan fingerprint density at radius 1 is 1.09 bits per heavy atom. The molecule has 0 amide bonds. The van der Waals surface area contributed by atoms with E-state index in [0.717, 1.165) is 28.1 Å². The van der Waals surface area contributed by atoms with Crippen molar-refractivity contribution in [2.75, 3.05) is 0 Å². The normalized spacial score (nSPS) is 11.3. The van der Waals surface area contributed by atoms with Gasteiger partial charge in [0.2, 0.25) is 4.77 Å². The van der Waals surface area contributed by atoms with E-state index in [-0.39, 0.29) is 5.69 Å². The summed E-state index contributed by atoms with van der Waals surface area (Å²) in [5.41, 5.74) is 1.58. The molecule has 172 valence electrons. The maximum atomic E-state index is 11.7. The van der Waals surface area contributed by atoms with Gasteiger partial charge in [0.1, 0.15) is 0 Å². The Morgan fingerprint density at radius 2 is 1.89 bits per heavy atom. The van der Waals surface area contributed by atoms with Gasteiger partial charge in [-0.15, -0.1) is 0 Å². The van der Waals surface area contributed by atoms with Gasteiger partial charge in [-0.3, -0.25) is 15.2 Å². The quantitative estimate of drug-likeness (QED) is 0.105. The fourth-order valence-electron chi connectivity index (χ4n) is 3.58. The Kier molecular flexibility index (Phi) is 6.42. The molecule has 0 aliphatic carbocycles. The minimum atomic E-state index is -0.432. The lowest BCUT2D eigenvalue weighted by molar-refractivity contribution is -0.387. The molecule has 9 nitrogen and oxygen atoms in total. The molecule has 11 heteroatoms. The summed E-state index contributed by atoms with van der Waals surface area (Å²) in [5, 5.41) is 26.0. The van der Waals surface area contributed by atoms with Crippen molar-refractivity contribution in [3.8, 4) is 0 Å². The molecule has 3 aromatic carbocycles. The number of nitro benzene ring substituents is 1. The number of H-pyrrole nitrogens is 1. The molecule has 5 aromatic rings. The summed E-state index contributed by atoms with van der Waals surface area (Å²) in [5.74, 6) is 0.630. The first-order chi connectivity index (χ1) is 17.1. The first-order valence-corrected chi connectivity index (χ1v) is 11.7. The van der Waals surface area contributed by atoms with Gasteiger partial charge in [-0.2, -0.15) is 14.9 Å². The number of nitrogens with zero attached hydrogens (tertiary/aromatic N) is 6. The van der Waals surface area contributed by atoms with Crippen molar-refractivity contribution in [2.45, 2.75) is 16.5 Å². The van der Waals surface area contributed by atoms with E-state index in [2.05, 4.69) is 43.5 Å². The lowest BCUT2D eigenvalue weighted by Crippen LogP contribution is -2.01. The van der Waals surface area contributed by atoms with Crippen molar-refractivity contribution < 1.29 is 4.92 Å². The monoisotopic (exact) mass is 499 g/mol. The lowest BCUT2D eigenvalue weighted by Gasteiger charge is -2.06. The van der Waals surface area contributed by atoms with Gasteiger partial charge in [-0.1, -0.05) is 48.5 Å². The van der Waals surface area contributed by atoms with E-state index >= 15 is 0 Å². The lowest BCUT2D eigenvalue weighted by atomic mass is 10.0. The van der Waals surface area contributed by atoms with Gasteiger partial charge >= 0.3 is 0 Å². The number of benzene rings is 3. The van der Waals surface area contributed by atoms with Crippen LogP contribution in [0.4, 0.5) is 5.69 Å². The third kappa shape index (κ3) is 5.00. The Bertz CT molecular complexity index is 1610. The van der Waals surface area contributed by atoms with Crippen molar-refractivity contribution >= 4 is 46.7 Å². The second-order valence-electron chi connectivity index (χ2n) is 7.43. The number of hydrogen-bond acceptors (Lipinski definition) is 8. The largest absolute Gasteiger partial charge is 0.283 e. The Balaban J connectivity index is 1.43. The molecule has 0 unspecified atom stereocenters. The molecule has 0 saturated carbocycles. The predicted molar refractivity (Wildman–Crippen MR) is 136 cm³/mol. The Hall–Kier alpha value is -4.22. The van der Waals surface area contributed by atoms with Crippen LogP contribution in [0, 0.1) is 14.9 Å². The molecule has 0 saturated heterocycles. The third-order valence-electron chi connectivity index (χ3n) is 5.19. The van der Waals surface area contributed by atoms with E-state index in [1.165, 1.54) is 17.0 Å². The first kappa shape index (κ1) is 22.6. The van der Waals surface area contributed by atoms with E-state index in [1.54, 1.807) is 30.6 Å². The highest BCUT2D eigenvalue weighted by Gasteiger charge is 2.17. The fraction of sp³-hybridized carbons (Fsp3) is 0.0417. The molecule has 0 fully saturated rings. The number of fused-ring (bicyclic) bond motifs is 1. The van der Waals surface area contributed by atoms with E-state index in [1.807, 2.05) is 24.3 Å². The van der Waals surface area contributed by atoms with Crippen LogP contribution < -0.4 is 0 Å². The summed E-state index contributed by atoms with van der Waals surface area (Å²) >= 11 is 6.50. The third-order valence-corrected chi connectivity index (χ3v) is 6.41. The summed E-state index contributed by atoms with van der Waals surface area (Å²) in [7, 11) is 0. The van der Waals surface area contributed by atoms with Crippen LogP contribution in [0.2, 0.25) is 0 Å². The number of nitro groups is 1. The molecular weight excluding hydrogens is 482 g/mol. The molecule has 2 heterocycles. The van der Waals surface area contributed by atoms with Gasteiger partial charge in [-0.05, 0) is 52.4 Å². The van der Waals surface area contributed by atoms with E-state index in [9.17, 15) is 10.1 Å². The molecule has 0 aliphatic rings. The molecule has 35 heavy (non-hydrogen) atoms. The number of hydrogen-bond donors (Lipinski definition) is 1. The molecule has 1 N–H and O–H groups in total. The average Bonchev–Trinajstić information content (AvgIpc) is 3.23. The average molecular weight is 500 g/mol. The van der Waals surface area contributed by atoms with Gasteiger partial charge in [0.15, 0.2) is 11.0 Å². The number of nitrogens with one attached hydrogen (secondary N) is 1. The summed E-state index contributed by atoms with van der Waals surface area (Å²) in [6.07, 6.45) is 5.22. The smallest absolute Gasteiger partial charge is 0.258 e. The molecule has 0 spiro atoms. The van der Waals surface area contributed by atoms with Gasteiger partial charge in [-0.25, -0.2) is 9.97 Å². The highest BCUT2D eigenvalue weighted by atomic mass is 32.2. The summed E-state index contributed by atoms with van der Waals surface area (Å²) < 4.78 is 1.86. The minimum Gasteiger partial charge on any atom is -0.258 e. The maximum absolute atomic E-state index is 11.7. The van der Waals surface area contributed by atoms with Crippen LogP contribution in [0.25, 0.3) is 10.8 Å². The highest BCUT2D eigenvalue weighted by molar-refractivity contribution is 7.99. The predicted octanol–water partition coefficient (Wildman–Crippen LogP) is 5.42. The van der Waals surface area contributed by atoms with Gasteiger partial charge in [0.25, 0.3) is 5.69 Å². The summed E-state index contributed by atoms with van der Waals surface area (Å²) in [4.78, 5) is 19.9. The van der Waals surface area contributed by atoms with Crippen LogP contribution in [0.15, 0.2) is 94.3 Å². The van der Waals surface area contributed by atoms with Crippen LogP contribution in [0.1, 0.15) is 17.0 Å². The number of rotatable bonds is 7. The highest BCUT2D eigenvalue weighted by Crippen LogP contribution is 2.33. The van der Waals surface area contributed by atoms with E-state index in [4.69, 9.17) is 12.2 Å². The molecule has 2 aromatic heterocycles. The van der Waals surface area contributed by atoms with Crippen LogP contribution in [0.3, 0.4) is 0 Å². The zero-order chi connectivity index (χ0) is 24.2. The SMILES string of the molecule is O=[N+]([O-])c1cc(/C=N/n2c(Cc3cccc4ccccc34)n[nH]c2=S)ccc1Sc1ncccn1. The second-order valence-corrected chi connectivity index (χ2v) is 8.83. The van der Waals surface area contributed by atoms with Crippen molar-refractivity contribution in [2.24, 2.45) is 5.10 Å². The van der Waals surface area contributed by atoms with Gasteiger partial charge < -0.3 is 0 Å². The van der Waals surface area contributed by atoms with E-state index in [0.29, 0.717) is 32.6 Å². The van der Waals surface area contributed by atoms with Crippen molar-refractivity contribution in [3.63, 3.8) is 0 Å². The molecule has 0 radical (unpaired) electrons.